The standard InChI is InChI=1S/C15H28N2O5.C14H22ClN5O3.C12H18ClN5O3.C11H22N2O3.C10H20N2O3.C9H18N2O2.C2H5BrO.ClH/c1-5-21-13(18)12-20-11-10-16-6-8-17(9-7-16)14(19)22-15(2,3)4;1-2-23-13(21)10-22-8-7-19-3-5-20(6-4-19)11-9-12(15)17-18-14(11)16;13-10-7-9(12(14)16-15-10)18-3-1-17(2-4-18)5-6-21-8-11(19)20;1-11(2,3)16-10(15)13-6-4-12(5-7-13)8-9-14;1-2-15-10(13)9-14-8-7-12-5-3-11-4-6-12;1-9(2,3)13-8(12)11-6-4-10-5-7-11;3-1-2-4;/h5-12H2,1-4H3;9H,2-8,10H2,1H3,(H2,16,18);7H,1-6,8H2,(H2,14,16)(H,19,20);14H,4-9H2,1-3H3;11H,2-9H2,1H3;10H,4-7H2,1-3H3;4H,1-2H2;1H. The Balaban J connectivity index is 0.000000689. The first kappa shape index (κ1) is 107. The molecule has 6 fully saturated rings. The molecule has 6 aliphatic heterocycles. The van der Waals surface area contributed by atoms with Gasteiger partial charge in [-0.25, -0.2) is 33.6 Å². The lowest BCUT2D eigenvalue weighted by Gasteiger charge is -2.36. The number of carbonyl (C=O) groups is 7. The normalized spacial score (nSPS) is 16.5. The minimum absolute atomic E-state index is 0. The van der Waals surface area contributed by atoms with Gasteiger partial charge in [-0.1, -0.05) is 39.1 Å². The molecule has 0 aliphatic carbocycles. The lowest BCUT2D eigenvalue weighted by molar-refractivity contribution is -0.149. The quantitative estimate of drug-likeness (QED) is 0.0278. The third-order valence-electron chi connectivity index (χ3n) is 16.5. The Kier molecular flexibility index (Phi) is 56.9. The van der Waals surface area contributed by atoms with Crippen molar-refractivity contribution in [2.45, 2.75) is 99.9 Å². The molecule has 42 heteroatoms. The number of esters is 3. The molecule has 6 saturated heterocycles. The van der Waals surface area contributed by atoms with E-state index in [1.165, 1.54) is 0 Å². The first-order chi connectivity index (χ1) is 54.1. The molecule has 0 bridgehead atoms. The van der Waals surface area contributed by atoms with Crippen LogP contribution in [-0.4, -0.2) is 415 Å². The van der Waals surface area contributed by atoms with E-state index in [1.54, 1.807) is 47.6 Å². The largest absolute Gasteiger partial charge is 0.480 e. The van der Waals surface area contributed by atoms with Crippen LogP contribution in [0.25, 0.3) is 0 Å². The molecule has 0 unspecified atom stereocenters. The molecule has 38 nitrogen and oxygen atoms in total. The molecule has 0 saturated carbocycles. The van der Waals surface area contributed by atoms with Crippen LogP contribution in [0.3, 0.4) is 0 Å². The highest BCUT2D eigenvalue weighted by atomic mass is 79.9. The van der Waals surface area contributed by atoms with E-state index < -0.39 is 17.2 Å². The number of aliphatic carboxylic acids is 1. The SMILES string of the molecule is CC(C)(C)OC(=O)N1CCN(CCO)CC1.CC(C)(C)OC(=O)N1CCNCC1.CCOC(=O)COCCN1CCN(C(=O)OC(C)(C)C)CC1.CCOC(=O)COCCN1CCN(c2cc(Cl)nnc2N)CC1.CCOC(=O)COCCN1CCNCC1.Cl.Nc1nnc(Cl)cc1N1CCN(CCOCC(=O)O)CC1.OCCBr. The fourth-order valence-corrected chi connectivity index (χ4v) is 11.2. The van der Waals surface area contributed by atoms with Gasteiger partial charge in [0.25, 0.3) is 0 Å². The van der Waals surface area contributed by atoms with E-state index in [2.05, 4.69) is 81.3 Å². The van der Waals surface area contributed by atoms with Crippen LogP contribution in [0.5, 0.6) is 0 Å². The number of hydrogen-bond donors (Lipinski definition) is 7. The van der Waals surface area contributed by atoms with E-state index in [9.17, 15) is 33.6 Å². The third kappa shape index (κ3) is 52.4. The number of ether oxygens (including phenoxy) is 10. The summed E-state index contributed by atoms with van der Waals surface area (Å²) in [5, 5.41) is 48.0. The van der Waals surface area contributed by atoms with Crippen molar-refractivity contribution in [1.29, 1.82) is 0 Å². The molecular weight excluding hydrogens is 1640 g/mol. The minimum Gasteiger partial charge on any atom is -0.480 e. The number of β-amino-alcohol motifs (C(OH)–C–C–N with tert-alkyl or cyclic N) is 1. The fourth-order valence-electron chi connectivity index (χ4n) is 10.9. The van der Waals surface area contributed by atoms with Crippen molar-refractivity contribution in [2.24, 2.45) is 0 Å². The van der Waals surface area contributed by atoms with Crippen LogP contribution >= 0.6 is 51.5 Å². The number of nitrogens with one attached hydrogen (secondary N) is 2. The van der Waals surface area contributed by atoms with Gasteiger partial charge in [-0.2, -0.15) is 0 Å². The summed E-state index contributed by atoms with van der Waals surface area (Å²) in [5.41, 5.74) is 12.0. The number of alkyl halides is 1. The maximum absolute atomic E-state index is 11.9. The first-order valence-electron chi connectivity index (χ1n) is 38.9. The van der Waals surface area contributed by atoms with Gasteiger partial charge in [0, 0.05) is 207 Å². The Hall–Kier alpha value is -6.12. The molecule has 115 heavy (non-hydrogen) atoms. The maximum Gasteiger partial charge on any atom is 0.410 e. The van der Waals surface area contributed by atoms with Crippen molar-refractivity contribution < 1.29 is 96.2 Å². The number of hydrogen-bond acceptors (Lipinski definition) is 34. The molecule has 0 atom stereocenters. The average Bonchev–Trinajstić information content (AvgIpc) is 0.839. The van der Waals surface area contributed by atoms with Crippen molar-refractivity contribution in [3.8, 4) is 0 Å². The smallest absolute Gasteiger partial charge is 0.410 e. The second kappa shape index (κ2) is 61.2. The zero-order chi connectivity index (χ0) is 84.9. The van der Waals surface area contributed by atoms with Crippen LogP contribution in [0.4, 0.5) is 37.4 Å². The number of carbonyl (C=O) groups excluding carboxylic acids is 6. The lowest BCUT2D eigenvalue weighted by atomic mass is 10.2. The Labute approximate surface area is 704 Å². The van der Waals surface area contributed by atoms with E-state index in [0.29, 0.717) is 113 Å². The van der Waals surface area contributed by atoms with Gasteiger partial charge in [0.2, 0.25) is 0 Å². The summed E-state index contributed by atoms with van der Waals surface area (Å²) in [6, 6.07) is 3.46. The first-order valence-corrected chi connectivity index (χ1v) is 40.8. The highest BCUT2D eigenvalue weighted by Gasteiger charge is 2.29. The minimum atomic E-state index is -0.947. The van der Waals surface area contributed by atoms with Gasteiger partial charge in [-0.05, 0) is 83.1 Å². The third-order valence-corrected chi connectivity index (χ3v) is 17.2. The number of rotatable bonds is 28. The van der Waals surface area contributed by atoms with E-state index in [4.69, 9.17) is 97.4 Å². The Bertz CT molecular complexity index is 2990. The summed E-state index contributed by atoms with van der Waals surface area (Å²) < 4.78 is 51.0. The predicted molar refractivity (Wildman–Crippen MR) is 445 cm³/mol. The van der Waals surface area contributed by atoms with Gasteiger partial charge >= 0.3 is 42.2 Å². The summed E-state index contributed by atoms with van der Waals surface area (Å²) in [5.74, 6) is -1.12. The van der Waals surface area contributed by atoms with Crippen LogP contribution in [0, 0.1) is 0 Å². The maximum atomic E-state index is 11.9. The summed E-state index contributed by atoms with van der Waals surface area (Å²) >= 11 is 14.7. The number of carboxylic acid groups (broad SMARTS) is 1. The van der Waals surface area contributed by atoms with Crippen LogP contribution in [0.2, 0.25) is 10.3 Å². The topological polar surface area (TPSA) is 433 Å². The van der Waals surface area contributed by atoms with Crippen LogP contribution in [0.1, 0.15) is 83.1 Å². The number of aliphatic hydroxyl groups is 2. The number of amides is 3. The molecule has 9 N–H and O–H groups in total. The van der Waals surface area contributed by atoms with E-state index >= 15 is 0 Å². The molecule has 6 aliphatic rings. The Morgan fingerprint density at radius 2 is 0.696 bits per heavy atom. The van der Waals surface area contributed by atoms with Gasteiger partial charge in [0.1, 0.15) is 43.2 Å². The van der Waals surface area contributed by atoms with Crippen LogP contribution < -0.4 is 31.9 Å². The summed E-state index contributed by atoms with van der Waals surface area (Å²) in [4.78, 5) is 99.2. The number of nitrogens with zero attached hydrogens (tertiary/aromatic N) is 14. The molecule has 0 radical (unpaired) electrons. The Morgan fingerprint density at radius 1 is 0.426 bits per heavy atom. The van der Waals surface area contributed by atoms with E-state index in [0.717, 1.165) is 162 Å². The van der Waals surface area contributed by atoms with Gasteiger partial charge in [-0.3, -0.25) is 24.5 Å². The van der Waals surface area contributed by atoms with E-state index in [1.807, 2.05) is 62.3 Å². The monoisotopic (exact) mass is 1770 g/mol. The number of anilines is 4. The molecule has 0 spiro atoms. The van der Waals surface area contributed by atoms with Crippen molar-refractivity contribution >= 4 is 117 Å². The molecule has 2 aromatic heterocycles. The zero-order valence-corrected chi connectivity index (χ0v) is 73.7. The highest BCUT2D eigenvalue weighted by Crippen LogP contribution is 2.26. The molecule has 8 rings (SSSR count). The van der Waals surface area contributed by atoms with Crippen molar-refractivity contribution in [1.82, 2.24) is 70.2 Å². The summed E-state index contributed by atoms with van der Waals surface area (Å²) in [7, 11) is 0. The van der Waals surface area contributed by atoms with Gasteiger partial charge in [0.15, 0.2) is 21.9 Å². The van der Waals surface area contributed by atoms with Crippen LogP contribution in [-0.2, 0) is 66.5 Å². The van der Waals surface area contributed by atoms with Gasteiger partial charge in [0.05, 0.1) is 70.8 Å². The second-order valence-corrected chi connectivity index (χ2v) is 30.7. The lowest BCUT2D eigenvalue weighted by Crippen LogP contribution is -2.50. The van der Waals surface area contributed by atoms with Gasteiger partial charge < -0.3 is 109 Å². The summed E-state index contributed by atoms with van der Waals surface area (Å²) in [6.45, 7) is 49.2. The molecule has 0 aromatic carbocycles. The van der Waals surface area contributed by atoms with Gasteiger partial charge in [-0.15, -0.1) is 32.8 Å². The highest BCUT2D eigenvalue weighted by molar-refractivity contribution is 9.09. The number of piperazine rings is 6. The molecule has 8 heterocycles. The van der Waals surface area contributed by atoms with Crippen molar-refractivity contribution in [3.05, 3.63) is 22.4 Å². The fraction of sp³-hybridized carbons (Fsp3) is 0.795. The second-order valence-electron chi connectivity index (χ2n) is 29.1. The predicted octanol–water partition coefficient (Wildman–Crippen LogP) is 3.09. The number of aliphatic hydroxyl groups excluding tert-OH is 2. The van der Waals surface area contributed by atoms with Crippen molar-refractivity contribution in [2.75, 3.05) is 302 Å². The number of nitrogens with two attached hydrogens (primary N) is 2. The average molecular weight is 1770 g/mol. The number of halogens is 4. The zero-order valence-electron chi connectivity index (χ0n) is 69.8. The van der Waals surface area contributed by atoms with Crippen molar-refractivity contribution in [3.63, 3.8) is 0 Å². The molecule has 3 amide bonds. The van der Waals surface area contributed by atoms with Crippen LogP contribution in [0.15, 0.2) is 12.1 Å². The molecule has 2 aromatic rings. The number of aromatic nitrogens is 4. The molecule has 664 valence electrons. The summed E-state index contributed by atoms with van der Waals surface area (Å²) in [6.07, 6.45) is -0.698. The van der Waals surface area contributed by atoms with E-state index in [-0.39, 0.29) is 93.8 Å². The number of nitrogen functional groups attached to an aromatic ring is 2. The Morgan fingerprint density at radius 3 is 0.974 bits per heavy atom. The molecular formula is C73H134BrCl3N18O20. The number of carboxylic acids is 1.